The third-order valence-electron chi connectivity index (χ3n) is 2.60. The first-order valence-corrected chi connectivity index (χ1v) is 5.02. The summed E-state index contributed by atoms with van der Waals surface area (Å²) in [5.74, 6) is 0.116. The Morgan fingerprint density at radius 1 is 1.07 bits per heavy atom. The number of hydrogen-bond acceptors (Lipinski definition) is 2. The first kappa shape index (κ1) is 11.2. The molecule has 1 aromatic carbocycles. The lowest BCUT2D eigenvalue weighted by Gasteiger charge is -2.18. The summed E-state index contributed by atoms with van der Waals surface area (Å²) >= 11 is 0. The van der Waals surface area contributed by atoms with E-state index in [4.69, 9.17) is 0 Å². The summed E-state index contributed by atoms with van der Waals surface area (Å²) in [7, 11) is 0. The predicted octanol–water partition coefficient (Wildman–Crippen LogP) is 2.13. The van der Waals surface area contributed by atoms with E-state index in [0.717, 1.165) is 5.56 Å². The molecule has 0 saturated heterocycles. The molecule has 0 spiro atoms. The summed E-state index contributed by atoms with van der Waals surface area (Å²) in [6, 6.07) is 9.55. The van der Waals surface area contributed by atoms with Crippen molar-refractivity contribution in [1.29, 1.82) is 0 Å². The quantitative estimate of drug-likeness (QED) is 0.770. The van der Waals surface area contributed by atoms with Crippen molar-refractivity contribution in [3.05, 3.63) is 35.9 Å². The van der Waals surface area contributed by atoms with Gasteiger partial charge in [-0.2, -0.15) is 0 Å². The SMILES string of the molecule is C[C@@H](O)[C@@H](C)C[C@H](O)c1ccccc1. The number of aliphatic hydroxyl groups excluding tert-OH is 2. The smallest absolute Gasteiger partial charge is 0.0793 e. The number of hydrogen-bond donors (Lipinski definition) is 2. The first-order valence-electron chi connectivity index (χ1n) is 5.02. The number of rotatable bonds is 4. The summed E-state index contributed by atoms with van der Waals surface area (Å²) in [6.07, 6.45) is -0.240. The summed E-state index contributed by atoms with van der Waals surface area (Å²) in [5.41, 5.74) is 0.917. The lowest BCUT2D eigenvalue weighted by atomic mass is 9.95. The average molecular weight is 194 g/mol. The van der Waals surface area contributed by atoms with Crippen molar-refractivity contribution in [2.24, 2.45) is 5.92 Å². The fraction of sp³-hybridized carbons (Fsp3) is 0.500. The molecule has 0 radical (unpaired) electrons. The average Bonchev–Trinajstić information content (AvgIpc) is 2.19. The van der Waals surface area contributed by atoms with Crippen LogP contribution in [0.5, 0.6) is 0 Å². The highest BCUT2D eigenvalue weighted by Crippen LogP contribution is 2.22. The first-order chi connectivity index (χ1) is 6.61. The molecule has 2 N–H and O–H groups in total. The van der Waals surface area contributed by atoms with Crippen LogP contribution in [0.3, 0.4) is 0 Å². The summed E-state index contributed by atoms with van der Waals surface area (Å²) in [5, 5.41) is 19.1. The lowest BCUT2D eigenvalue weighted by Crippen LogP contribution is -2.16. The van der Waals surface area contributed by atoms with Gasteiger partial charge >= 0.3 is 0 Å². The molecule has 0 aromatic heterocycles. The minimum Gasteiger partial charge on any atom is -0.393 e. The van der Waals surface area contributed by atoms with E-state index in [1.807, 2.05) is 37.3 Å². The van der Waals surface area contributed by atoms with Crippen LogP contribution in [0.4, 0.5) is 0 Å². The Kier molecular flexibility index (Phi) is 4.11. The second-order valence-electron chi connectivity index (χ2n) is 3.88. The molecule has 2 nitrogen and oxygen atoms in total. The van der Waals surface area contributed by atoms with E-state index in [1.54, 1.807) is 6.92 Å². The van der Waals surface area contributed by atoms with Crippen LogP contribution in [0.2, 0.25) is 0 Å². The van der Waals surface area contributed by atoms with E-state index in [-0.39, 0.29) is 12.0 Å². The standard InChI is InChI=1S/C12H18O2/c1-9(10(2)13)8-12(14)11-6-4-3-5-7-11/h3-7,9-10,12-14H,8H2,1-2H3/t9-,10+,12-/m0/s1. The van der Waals surface area contributed by atoms with Gasteiger partial charge in [0.2, 0.25) is 0 Å². The van der Waals surface area contributed by atoms with Crippen LogP contribution in [0.15, 0.2) is 30.3 Å². The highest BCUT2D eigenvalue weighted by Gasteiger charge is 2.15. The molecule has 1 rings (SSSR count). The summed E-state index contributed by atoms with van der Waals surface area (Å²) in [4.78, 5) is 0. The summed E-state index contributed by atoms with van der Waals surface area (Å²) in [6.45, 7) is 3.69. The van der Waals surface area contributed by atoms with E-state index < -0.39 is 6.10 Å². The van der Waals surface area contributed by atoms with Gasteiger partial charge in [-0.25, -0.2) is 0 Å². The Hall–Kier alpha value is -0.860. The third kappa shape index (κ3) is 3.13. The van der Waals surface area contributed by atoms with Gasteiger partial charge in [0.15, 0.2) is 0 Å². The van der Waals surface area contributed by atoms with Gasteiger partial charge in [-0.05, 0) is 24.8 Å². The monoisotopic (exact) mass is 194 g/mol. The van der Waals surface area contributed by atoms with E-state index >= 15 is 0 Å². The molecule has 0 bridgehead atoms. The highest BCUT2D eigenvalue weighted by molar-refractivity contribution is 5.17. The zero-order chi connectivity index (χ0) is 10.6. The molecule has 0 amide bonds. The topological polar surface area (TPSA) is 40.5 Å². The van der Waals surface area contributed by atoms with Crippen LogP contribution in [0, 0.1) is 5.92 Å². The maximum Gasteiger partial charge on any atom is 0.0793 e. The molecule has 0 unspecified atom stereocenters. The minimum atomic E-state index is -0.471. The van der Waals surface area contributed by atoms with Crippen molar-refractivity contribution < 1.29 is 10.2 Å². The number of benzene rings is 1. The Balaban J connectivity index is 2.55. The molecule has 0 aliphatic rings. The zero-order valence-electron chi connectivity index (χ0n) is 8.72. The van der Waals surface area contributed by atoms with Gasteiger partial charge in [-0.1, -0.05) is 37.3 Å². The van der Waals surface area contributed by atoms with Crippen molar-refractivity contribution in [2.75, 3.05) is 0 Å². The van der Waals surface area contributed by atoms with Crippen molar-refractivity contribution in [3.63, 3.8) is 0 Å². The normalized spacial score (nSPS) is 17.4. The Morgan fingerprint density at radius 3 is 2.14 bits per heavy atom. The predicted molar refractivity (Wildman–Crippen MR) is 56.9 cm³/mol. The van der Waals surface area contributed by atoms with Crippen LogP contribution < -0.4 is 0 Å². The minimum absolute atomic E-state index is 0.116. The largest absolute Gasteiger partial charge is 0.393 e. The summed E-state index contributed by atoms with van der Waals surface area (Å²) < 4.78 is 0. The van der Waals surface area contributed by atoms with Crippen LogP contribution in [0.1, 0.15) is 31.9 Å². The lowest BCUT2D eigenvalue weighted by molar-refractivity contribution is 0.0799. The third-order valence-corrected chi connectivity index (χ3v) is 2.60. The van der Waals surface area contributed by atoms with E-state index in [9.17, 15) is 10.2 Å². The molecule has 2 heteroatoms. The maximum atomic E-state index is 9.83. The van der Waals surface area contributed by atoms with Gasteiger partial charge in [0, 0.05) is 0 Å². The van der Waals surface area contributed by atoms with E-state index in [2.05, 4.69) is 0 Å². The van der Waals surface area contributed by atoms with Gasteiger partial charge in [-0.3, -0.25) is 0 Å². The Labute approximate surface area is 85.2 Å². The Bertz CT molecular complexity index is 256. The van der Waals surface area contributed by atoms with Gasteiger partial charge in [0.1, 0.15) is 0 Å². The van der Waals surface area contributed by atoms with Gasteiger partial charge in [0.25, 0.3) is 0 Å². The molecule has 3 atom stereocenters. The molecule has 0 heterocycles. The molecular formula is C12H18O2. The van der Waals surface area contributed by atoms with Crippen LogP contribution >= 0.6 is 0 Å². The molecular weight excluding hydrogens is 176 g/mol. The van der Waals surface area contributed by atoms with Crippen molar-refractivity contribution in [1.82, 2.24) is 0 Å². The van der Waals surface area contributed by atoms with Crippen LogP contribution in [0.25, 0.3) is 0 Å². The van der Waals surface area contributed by atoms with Crippen molar-refractivity contribution in [3.8, 4) is 0 Å². The molecule has 0 fully saturated rings. The van der Waals surface area contributed by atoms with Gasteiger partial charge < -0.3 is 10.2 Å². The maximum absolute atomic E-state index is 9.83. The number of aliphatic hydroxyl groups is 2. The van der Waals surface area contributed by atoms with Crippen molar-refractivity contribution >= 4 is 0 Å². The van der Waals surface area contributed by atoms with Crippen LogP contribution in [-0.2, 0) is 0 Å². The van der Waals surface area contributed by atoms with Gasteiger partial charge in [0.05, 0.1) is 12.2 Å². The molecule has 0 aliphatic heterocycles. The van der Waals surface area contributed by atoms with E-state index in [1.165, 1.54) is 0 Å². The fourth-order valence-corrected chi connectivity index (χ4v) is 1.36. The van der Waals surface area contributed by atoms with Crippen LogP contribution in [-0.4, -0.2) is 16.3 Å². The second kappa shape index (κ2) is 5.13. The Morgan fingerprint density at radius 2 is 1.64 bits per heavy atom. The fourth-order valence-electron chi connectivity index (χ4n) is 1.36. The molecule has 14 heavy (non-hydrogen) atoms. The molecule has 78 valence electrons. The molecule has 1 aromatic rings. The van der Waals surface area contributed by atoms with E-state index in [0.29, 0.717) is 6.42 Å². The zero-order valence-corrected chi connectivity index (χ0v) is 8.72. The molecule has 0 saturated carbocycles. The second-order valence-corrected chi connectivity index (χ2v) is 3.88. The van der Waals surface area contributed by atoms with Gasteiger partial charge in [-0.15, -0.1) is 0 Å². The molecule has 0 aliphatic carbocycles. The van der Waals surface area contributed by atoms with Crippen molar-refractivity contribution in [2.45, 2.75) is 32.5 Å². The highest BCUT2D eigenvalue weighted by atomic mass is 16.3.